The molecule has 1 aromatic heterocycles. The Kier molecular flexibility index (Phi) is 5.08. The number of anilines is 2. The van der Waals surface area contributed by atoms with Crippen LogP contribution in [0, 0.1) is 12.7 Å². The third kappa shape index (κ3) is 3.34. The molecule has 0 aliphatic rings. The lowest BCUT2D eigenvalue weighted by atomic mass is 10.2. The molecule has 0 spiro atoms. The Morgan fingerprint density at radius 2 is 1.90 bits per heavy atom. The van der Waals surface area contributed by atoms with Crippen molar-refractivity contribution in [1.82, 2.24) is 4.98 Å². The van der Waals surface area contributed by atoms with Crippen LogP contribution in [0.5, 0.6) is 0 Å². The van der Waals surface area contributed by atoms with Crippen molar-refractivity contribution in [2.45, 2.75) is 20.8 Å². The fourth-order valence-corrected chi connectivity index (χ4v) is 4.05. The van der Waals surface area contributed by atoms with Crippen LogP contribution < -0.4 is 10.6 Å². The number of rotatable bonds is 5. The van der Waals surface area contributed by atoms with Gasteiger partial charge in [0.15, 0.2) is 0 Å². The fourth-order valence-electron chi connectivity index (χ4n) is 2.19. The van der Waals surface area contributed by atoms with E-state index in [-0.39, 0.29) is 13.7 Å². The molecule has 0 aliphatic heterocycles. The van der Waals surface area contributed by atoms with Crippen LogP contribution in [-0.4, -0.2) is 17.3 Å². The van der Waals surface area contributed by atoms with E-state index in [4.69, 9.17) is 0 Å². The maximum absolute atomic E-state index is 14.0. The lowest BCUT2D eigenvalue weighted by Crippen LogP contribution is -2.11. The topological polar surface area (TPSA) is 24.9 Å². The molecule has 0 amide bonds. The van der Waals surface area contributed by atoms with Crippen LogP contribution in [0.3, 0.4) is 0 Å². The van der Waals surface area contributed by atoms with Crippen LogP contribution in [0.15, 0.2) is 36.7 Å². The number of benzene rings is 1. The molecule has 106 valence electrons. The minimum atomic E-state index is -0.225. The van der Waals surface area contributed by atoms with Gasteiger partial charge in [-0.15, -0.1) is 0 Å². The van der Waals surface area contributed by atoms with Crippen molar-refractivity contribution in [3.63, 3.8) is 0 Å². The highest BCUT2D eigenvalue weighted by atomic mass is 31.1. The summed E-state index contributed by atoms with van der Waals surface area (Å²) < 4.78 is 14.0. The Balaban J connectivity index is 2.33. The normalized spacial score (nSPS) is 10.8. The van der Waals surface area contributed by atoms with Crippen molar-refractivity contribution in [2.75, 3.05) is 17.6 Å². The minimum Gasteiger partial charge on any atom is -0.351 e. The third-order valence-electron chi connectivity index (χ3n) is 3.30. The maximum atomic E-state index is 14.0. The van der Waals surface area contributed by atoms with Crippen molar-refractivity contribution in [1.29, 1.82) is 0 Å². The molecule has 2 nitrogen and oxygen atoms in total. The average molecular weight is 290 g/mol. The molecule has 0 saturated heterocycles. The molecule has 0 aliphatic carbocycles. The Bertz CT molecular complexity index is 582. The molecule has 0 radical (unpaired) electrons. The largest absolute Gasteiger partial charge is 0.351 e. The van der Waals surface area contributed by atoms with Gasteiger partial charge in [-0.2, -0.15) is 0 Å². The van der Waals surface area contributed by atoms with Gasteiger partial charge in [0.1, 0.15) is 5.82 Å². The molecule has 2 aromatic rings. The predicted molar refractivity (Wildman–Crippen MR) is 86.3 cm³/mol. The molecule has 0 unspecified atom stereocenters. The molecule has 0 atom stereocenters. The monoisotopic (exact) mass is 290 g/mol. The summed E-state index contributed by atoms with van der Waals surface area (Å²) in [6, 6.07) is 7.28. The van der Waals surface area contributed by atoms with Crippen molar-refractivity contribution in [3.8, 4) is 0 Å². The number of pyridine rings is 1. The van der Waals surface area contributed by atoms with Crippen LogP contribution >= 0.6 is 7.92 Å². The smallest absolute Gasteiger partial charge is 0.146 e. The van der Waals surface area contributed by atoms with E-state index in [1.807, 2.05) is 25.3 Å². The molecular weight excluding hydrogens is 270 g/mol. The quantitative estimate of drug-likeness (QED) is 0.824. The summed E-state index contributed by atoms with van der Waals surface area (Å²) in [5.41, 5.74) is 2.35. The Labute approximate surface area is 121 Å². The standard InChI is InChI=1S/C16H20FN2P/c1-4-20(5-2)16-8-9-18-11-15(16)19-14-7-6-12(3)10-13(14)17/h6-11,19H,4-5H2,1-3H3. The molecule has 4 heteroatoms. The second kappa shape index (κ2) is 6.81. The molecule has 0 saturated carbocycles. The van der Waals surface area contributed by atoms with Crippen molar-refractivity contribution in [3.05, 3.63) is 48.0 Å². The number of aromatic nitrogens is 1. The molecular formula is C16H20FN2P. The lowest BCUT2D eigenvalue weighted by molar-refractivity contribution is 0.631. The highest BCUT2D eigenvalue weighted by Gasteiger charge is 2.12. The van der Waals surface area contributed by atoms with E-state index in [9.17, 15) is 4.39 Å². The highest BCUT2D eigenvalue weighted by Crippen LogP contribution is 2.36. The molecule has 1 N–H and O–H groups in total. The van der Waals surface area contributed by atoms with E-state index in [2.05, 4.69) is 24.1 Å². The first-order valence-corrected chi connectivity index (χ1v) is 8.59. The molecule has 2 rings (SSSR count). The van der Waals surface area contributed by atoms with Gasteiger partial charge in [-0.25, -0.2) is 4.39 Å². The van der Waals surface area contributed by atoms with Crippen LogP contribution in [0.2, 0.25) is 0 Å². The first-order valence-electron chi connectivity index (χ1n) is 6.87. The zero-order chi connectivity index (χ0) is 14.5. The number of nitrogens with zero attached hydrogens (tertiary/aromatic N) is 1. The highest BCUT2D eigenvalue weighted by molar-refractivity contribution is 7.65. The Hall–Kier alpha value is -1.47. The van der Waals surface area contributed by atoms with Gasteiger partial charge in [0, 0.05) is 11.5 Å². The van der Waals surface area contributed by atoms with Gasteiger partial charge in [-0.3, -0.25) is 4.98 Å². The molecule has 0 bridgehead atoms. The molecule has 20 heavy (non-hydrogen) atoms. The minimum absolute atomic E-state index is 0.209. The van der Waals surface area contributed by atoms with Gasteiger partial charge >= 0.3 is 0 Å². The summed E-state index contributed by atoms with van der Waals surface area (Å²) in [7, 11) is -0.209. The Morgan fingerprint density at radius 1 is 1.15 bits per heavy atom. The van der Waals surface area contributed by atoms with Crippen molar-refractivity contribution in [2.24, 2.45) is 0 Å². The fraction of sp³-hybridized carbons (Fsp3) is 0.312. The number of hydrogen-bond acceptors (Lipinski definition) is 2. The SMILES string of the molecule is CCP(CC)c1ccncc1Nc1ccc(C)cc1F. The van der Waals surface area contributed by atoms with Gasteiger partial charge < -0.3 is 5.32 Å². The van der Waals surface area contributed by atoms with Crippen molar-refractivity contribution < 1.29 is 4.39 Å². The first kappa shape index (κ1) is 14.9. The van der Waals surface area contributed by atoms with Gasteiger partial charge in [0.25, 0.3) is 0 Å². The summed E-state index contributed by atoms with van der Waals surface area (Å²) in [6.45, 7) is 6.29. The number of halogens is 1. The maximum Gasteiger partial charge on any atom is 0.146 e. The summed E-state index contributed by atoms with van der Waals surface area (Å²) in [4.78, 5) is 4.17. The van der Waals surface area contributed by atoms with E-state index in [0.29, 0.717) is 5.69 Å². The van der Waals surface area contributed by atoms with E-state index >= 15 is 0 Å². The number of nitrogens with one attached hydrogen (secondary N) is 1. The number of aryl methyl sites for hydroxylation is 1. The van der Waals surface area contributed by atoms with Gasteiger partial charge in [-0.1, -0.05) is 27.8 Å². The summed E-state index contributed by atoms with van der Waals surface area (Å²) in [6.07, 6.45) is 5.85. The van der Waals surface area contributed by atoms with E-state index < -0.39 is 0 Å². The van der Waals surface area contributed by atoms with Gasteiger partial charge in [0.05, 0.1) is 17.6 Å². The van der Waals surface area contributed by atoms with Crippen LogP contribution in [0.25, 0.3) is 0 Å². The third-order valence-corrected chi connectivity index (χ3v) is 5.89. The predicted octanol–water partition coefficient (Wildman–Crippen LogP) is 4.42. The zero-order valence-corrected chi connectivity index (χ0v) is 13.0. The second-order valence-corrected chi connectivity index (χ2v) is 7.50. The summed E-state index contributed by atoms with van der Waals surface area (Å²) in [5, 5.41) is 4.46. The van der Waals surface area contributed by atoms with Crippen LogP contribution in [0.1, 0.15) is 19.4 Å². The second-order valence-electron chi connectivity index (χ2n) is 4.67. The summed E-state index contributed by atoms with van der Waals surface area (Å²) in [5.74, 6) is -0.225. The Morgan fingerprint density at radius 3 is 2.55 bits per heavy atom. The number of hydrogen-bond donors (Lipinski definition) is 1. The lowest BCUT2D eigenvalue weighted by Gasteiger charge is -2.19. The van der Waals surface area contributed by atoms with Crippen LogP contribution in [-0.2, 0) is 0 Å². The first-order chi connectivity index (χ1) is 9.65. The van der Waals surface area contributed by atoms with Gasteiger partial charge in [0.2, 0.25) is 0 Å². The van der Waals surface area contributed by atoms with E-state index in [0.717, 1.165) is 23.6 Å². The summed E-state index contributed by atoms with van der Waals surface area (Å²) >= 11 is 0. The van der Waals surface area contributed by atoms with E-state index in [1.165, 1.54) is 5.30 Å². The molecule has 0 fully saturated rings. The molecule has 1 aromatic carbocycles. The van der Waals surface area contributed by atoms with Crippen LogP contribution in [0.4, 0.5) is 15.8 Å². The average Bonchev–Trinajstić information content (AvgIpc) is 2.45. The zero-order valence-electron chi connectivity index (χ0n) is 12.2. The van der Waals surface area contributed by atoms with E-state index in [1.54, 1.807) is 18.3 Å². The molecule has 1 heterocycles. The van der Waals surface area contributed by atoms with Gasteiger partial charge in [-0.05, 0) is 43.0 Å². The van der Waals surface area contributed by atoms with Crippen molar-refractivity contribution >= 4 is 24.6 Å².